The molecule has 1 fully saturated rings. The number of H-pyrrole nitrogens is 1. The molecule has 1 aromatic heterocycles. The number of carbonyl (C=O) groups is 1. The van der Waals surface area contributed by atoms with Crippen LogP contribution >= 0.6 is 0 Å². The van der Waals surface area contributed by atoms with E-state index in [-0.39, 0.29) is 16.8 Å². The van der Waals surface area contributed by atoms with Crippen molar-refractivity contribution in [2.45, 2.75) is 64.2 Å². The molecule has 3 N–H and O–H groups in total. The molecule has 0 radical (unpaired) electrons. The average molecular weight is 294 g/mol. The predicted octanol–water partition coefficient (Wildman–Crippen LogP) is 1.85. The van der Waals surface area contributed by atoms with E-state index in [2.05, 4.69) is 55.2 Å². The average Bonchev–Trinajstić information content (AvgIpc) is 2.72. The molecule has 0 spiro atoms. The largest absolute Gasteiger partial charge is 0.477 e. The molecule has 1 aliphatic heterocycles. The number of aromatic amines is 1. The monoisotopic (exact) mass is 294 g/mol. The van der Waals surface area contributed by atoms with Gasteiger partial charge in [0.25, 0.3) is 0 Å². The van der Waals surface area contributed by atoms with Gasteiger partial charge in [-0.15, -0.1) is 0 Å². The highest BCUT2D eigenvalue weighted by atomic mass is 16.4. The van der Waals surface area contributed by atoms with E-state index in [0.717, 1.165) is 18.4 Å². The molecule has 0 aliphatic carbocycles. The first-order valence-electron chi connectivity index (χ1n) is 7.35. The fraction of sp³-hybridized carbons (Fsp3) is 0.733. The van der Waals surface area contributed by atoms with Crippen LogP contribution in [0.15, 0.2) is 6.20 Å². The van der Waals surface area contributed by atoms with Crippen molar-refractivity contribution < 1.29 is 9.90 Å². The number of rotatable bonds is 4. The number of aromatic carboxylic acids is 1. The van der Waals surface area contributed by atoms with Gasteiger partial charge in [0.2, 0.25) is 0 Å². The van der Waals surface area contributed by atoms with Gasteiger partial charge in [-0.05, 0) is 47.6 Å². The Hall–Kier alpha value is -1.40. The summed E-state index contributed by atoms with van der Waals surface area (Å²) in [5, 5.41) is 19.2. The van der Waals surface area contributed by atoms with Gasteiger partial charge in [-0.3, -0.25) is 10.00 Å². The Kier molecular flexibility index (Phi) is 4.13. The summed E-state index contributed by atoms with van der Waals surface area (Å²) in [6.45, 7) is 9.46. The number of nitrogens with zero attached hydrogens (tertiary/aromatic N) is 2. The third-order valence-electron chi connectivity index (χ3n) is 4.14. The molecule has 0 atom stereocenters. The van der Waals surface area contributed by atoms with E-state index < -0.39 is 5.97 Å². The smallest absolute Gasteiger partial charge is 0.354 e. The first kappa shape index (κ1) is 16.0. The van der Waals surface area contributed by atoms with Crippen LogP contribution in [0.4, 0.5) is 0 Å². The molecule has 1 aliphatic rings. The van der Waals surface area contributed by atoms with E-state index >= 15 is 0 Å². The van der Waals surface area contributed by atoms with Crippen LogP contribution in [-0.2, 0) is 6.54 Å². The van der Waals surface area contributed by atoms with E-state index in [1.807, 2.05) is 0 Å². The lowest BCUT2D eigenvalue weighted by Crippen LogP contribution is -2.61. The zero-order valence-corrected chi connectivity index (χ0v) is 13.5. The fourth-order valence-corrected chi connectivity index (χ4v) is 3.59. The zero-order valence-electron chi connectivity index (χ0n) is 13.5. The van der Waals surface area contributed by atoms with Gasteiger partial charge in [0.15, 0.2) is 0 Å². The molecule has 0 bridgehead atoms. The molecule has 6 nitrogen and oxygen atoms in total. The van der Waals surface area contributed by atoms with Gasteiger partial charge < -0.3 is 10.4 Å². The third kappa shape index (κ3) is 3.83. The molecule has 21 heavy (non-hydrogen) atoms. The van der Waals surface area contributed by atoms with Crippen LogP contribution in [0.5, 0.6) is 0 Å². The quantitative estimate of drug-likeness (QED) is 0.789. The van der Waals surface area contributed by atoms with E-state index in [1.165, 1.54) is 0 Å². The Morgan fingerprint density at radius 1 is 1.38 bits per heavy atom. The van der Waals surface area contributed by atoms with Crippen LogP contribution in [0.25, 0.3) is 0 Å². The second-order valence-electron chi connectivity index (χ2n) is 7.45. The molecule has 1 saturated heterocycles. The van der Waals surface area contributed by atoms with Crippen molar-refractivity contribution in [1.82, 2.24) is 20.4 Å². The number of carboxylic acid groups (broad SMARTS) is 1. The maximum atomic E-state index is 11.1. The highest BCUT2D eigenvalue weighted by Crippen LogP contribution is 2.31. The van der Waals surface area contributed by atoms with Gasteiger partial charge >= 0.3 is 5.97 Å². The topological polar surface area (TPSA) is 81.2 Å². The molecule has 6 heteroatoms. The Morgan fingerprint density at radius 3 is 2.48 bits per heavy atom. The first-order chi connectivity index (χ1) is 9.60. The summed E-state index contributed by atoms with van der Waals surface area (Å²) in [6.07, 6.45) is 3.68. The maximum absolute atomic E-state index is 11.1. The highest BCUT2D eigenvalue weighted by Gasteiger charge is 2.39. The lowest BCUT2D eigenvalue weighted by Gasteiger charge is -2.49. The van der Waals surface area contributed by atoms with E-state index in [9.17, 15) is 4.79 Å². The number of carboxylic acids is 1. The minimum Gasteiger partial charge on any atom is -0.477 e. The number of hydrogen-bond donors (Lipinski definition) is 3. The summed E-state index contributed by atoms with van der Waals surface area (Å²) in [7, 11) is 2.06. The Morgan fingerprint density at radius 2 is 1.95 bits per heavy atom. The van der Waals surface area contributed by atoms with E-state index in [4.69, 9.17) is 5.11 Å². The van der Waals surface area contributed by atoms with Gasteiger partial charge in [0, 0.05) is 29.2 Å². The minimum atomic E-state index is -0.957. The van der Waals surface area contributed by atoms with Gasteiger partial charge in [0.05, 0.1) is 6.20 Å². The van der Waals surface area contributed by atoms with Crippen molar-refractivity contribution in [2.24, 2.45) is 0 Å². The molecule has 2 heterocycles. The Labute approximate surface area is 125 Å². The van der Waals surface area contributed by atoms with Crippen LogP contribution in [0.2, 0.25) is 0 Å². The highest BCUT2D eigenvalue weighted by molar-refractivity contribution is 5.86. The Bertz CT molecular complexity index is 505. The van der Waals surface area contributed by atoms with Crippen LogP contribution in [-0.4, -0.2) is 50.3 Å². The van der Waals surface area contributed by atoms with Crippen LogP contribution in [0.1, 0.15) is 56.6 Å². The molecule has 2 rings (SSSR count). The number of nitrogens with one attached hydrogen (secondary N) is 2. The summed E-state index contributed by atoms with van der Waals surface area (Å²) in [4.78, 5) is 13.4. The number of aromatic nitrogens is 2. The molecule has 0 saturated carbocycles. The second kappa shape index (κ2) is 5.42. The minimum absolute atomic E-state index is 0.0761. The van der Waals surface area contributed by atoms with Crippen molar-refractivity contribution in [3.8, 4) is 0 Å². The standard InChI is InChI=1S/C15H26N4O2/c1-14(2)6-11(7-15(3,4)18-14)19(5)9-10-8-16-17-12(10)13(20)21/h8,11,18H,6-7,9H2,1-5H3,(H,16,17)(H,20,21). The van der Waals surface area contributed by atoms with Crippen molar-refractivity contribution in [3.05, 3.63) is 17.5 Å². The lowest BCUT2D eigenvalue weighted by molar-refractivity contribution is 0.0673. The molecule has 1 aromatic rings. The summed E-state index contributed by atoms with van der Waals surface area (Å²) >= 11 is 0. The van der Waals surface area contributed by atoms with Gasteiger partial charge in [-0.25, -0.2) is 4.79 Å². The van der Waals surface area contributed by atoms with Gasteiger partial charge in [-0.1, -0.05) is 0 Å². The van der Waals surface area contributed by atoms with Crippen molar-refractivity contribution >= 4 is 5.97 Å². The third-order valence-corrected chi connectivity index (χ3v) is 4.14. The first-order valence-corrected chi connectivity index (χ1v) is 7.35. The van der Waals surface area contributed by atoms with Gasteiger partial charge in [-0.2, -0.15) is 5.10 Å². The summed E-state index contributed by atoms with van der Waals surface area (Å²) in [5.74, 6) is -0.957. The summed E-state index contributed by atoms with van der Waals surface area (Å²) in [5.41, 5.74) is 1.08. The molecule has 0 amide bonds. The van der Waals surface area contributed by atoms with Crippen LogP contribution in [0.3, 0.4) is 0 Å². The van der Waals surface area contributed by atoms with E-state index in [0.29, 0.717) is 12.6 Å². The van der Waals surface area contributed by atoms with Crippen molar-refractivity contribution in [3.63, 3.8) is 0 Å². The maximum Gasteiger partial charge on any atom is 0.354 e. The number of hydrogen-bond acceptors (Lipinski definition) is 4. The summed E-state index contributed by atoms with van der Waals surface area (Å²) < 4.78 is 0. The molecular weight excluding hydrogens is 268 g/mol. The van der Waals surface area contributed by atoms with Crippen LogP contribution in [0, 0.1) is 0 Å². The fourth-order valence-electron chi connectivity index (χ4n) is 3.59. The van der Waals surface area contributed by atoms with Crippen molar-refractivity contribution in [1.29, 1.82) is 0 Å². The predicted molar refractivity (Wildman–Crippen MR) is 81.3 cm³/mol. The van der Waals surface area contributed by atoms with E-state index in [1.54, 1.807) is 6.20 Å². The Balaban J connectivity index is 2.11. The second-order valence-corrected chi connectivity index (χ2v) is 7.45. The lowest BCUT2D eigenvalue weighted by atomic mass is 9.79. The number of piperidine rings is 1. The molecule has 118 valence electrons. The molecular formula is C15H26N4O2. The van der Waals surface area contributed by atoms with Gasteiger partial charge in [0.1, 0.15) is 5.69 Å². The van der Waals surface area contributed by atoms with Crippen molar-refractivity contribution in [2.75, 3.05) is 7.05 Å². The molecule has 0 unspecified atom stereocenters. The zero-order chi connectivity index (χ0) is 15.8. The normalized spacial score (nSPS) is 21.6. The summed E-state index contributed by atoms with van der Waals surface area (Å²) in [6, 6.07) is 0.410. The molecule has 0 aromatic carbocycles. The van der Waals surface area contributed by atoms with Crippen LogP contribution < -0.4 is 5.32 Å². The SMILES string of the molecule is CN(Cc1cn[nH]c1C(=O)O)C1CC(C)(C)NC(C)(C)C1.